The van der Waals surface area contributed by atoms with Crippen LogP contribution in [0.1, 0.15) is 17.3 Å². The minimum atomic E-state index is -1.06. The molecular formula is C24H19ClN2O5. The summed E-state index contributed by atoms with van der Waals surface area (Å²) in [6.07, 6.45) is -1.06. The highest BCUT2D eigenvalue weighted by Gasteiger charge is 2.23. The van der Waals surface area contributed by atoms with Crippen molar-refractivity contribution < 1.29 is 23.5 Å². The number of hydrogen-bond acceptors (Lipinski definition) is 6. The van der Waals surface area contributed by atoms with E-state index in [1.807, 2.05) is 18.2 Å². The lowest BCUT2D eigenvalue weighted by Crippen LogP contribution is -2.30. The molecule has 1 N–H and O–H groups in total. The molecule has 0 aliphatic heterocycles. The summed E-state index contributed by atoms with van der Waals surface area (Å²) in [5, 5.41) is 3.02. The molecule has 0 aliphatic rings. The molecule has 0 bridgehead atoms. The van der Waals surface area contributed by atoms with Crippen molar-refractivity contribution in [2.75, 3.05) is 12.4 Å². The first-order valence-electron chi connectivity index (χ1n) is 9.76. The van der Waals surface area contributed by atoms with Gasteiger partial charge in [0.1, 0.15) is 11.3 Å². The van der Waals surface area contributed by atoms with Crippen LogP contribution in [0.2, 0.25) is 5.02 Å². The molecular weight excluding hydrogens is 432 g/mol. The standard InChI is InChI=1S/C24H19ClN2O5/c1-14(22(28)26-15-11-12-20(30-2)18(25)13-15)31-24(29)17-8-4-3-7-16(17)23-27-19-9-5-6-10-21(19)32-23/h3-14H,1-2H3,(H,26,28). The lowest BCUT2D eigenvalue weighted by atomic mass is 10.1. The van der Waals surface area contributed by atoms with E-state index in [2.05, 4.69) is 10.3 Å². The molecule has 3 aromatic carbocycles. The molecule has 7 nitrogen and oxygen atoms in total. The number of hydrogen-bond donors (Lipinski definition) is 1. The molecule has 1 atom stereocenters. The Bertz CT molecular complexity index is 1270. The third kappa shape index (κ3) is 4.43. The predicted octanol–water partition coefficient (Wildman–Crippen LogP) is 5.34. The second-order valence-electron chi connectivity index (χ2n) is 6.92. The molecule has 162 valence electrons. The summed E-state index contributed by atoms with van der Waals surface area (Å²) < 4.78 is 16.3. The highest BCUT2D eigenvalue weighted by Crippen LogP contribution is 2.29. The van der Waals surface area contributed by atoms with Crippen LogP contribution in [0, 0.1) is 0 Å². The number of methoxy groups -OCH3 is 1. The van der Waals surface area contributed by atoms with Crippen molar-refractivity contribution in [1.29, 1.82) is 0 Å². The molecule has 4 rings (SSSR count). The zero-order valence-electron chi connectivity index (χ0n) is 17.3. The normalized spacial score (nSPS) is 11.7. The molecule has 0 fully saturated rings. The Labute approximate surface area is 188 Å². The van der Waals surface area contributed by atoms with Gasteiger partial charge in [-0.2, -0.15) is 0 Å². The van der Waals surface area contributed by atoms with Gasteiger partial charge in [0.15, 0.2) is 11.7 Å². The fourth-order valence-electron chi connectivity index (χ4n) is 3.10. The smallest absolute Gasteiger partial charge is 0.339 e. The monoisotopic (exact) mass is 450 g/mol. The van der Waals surface area contributed by atoms with Crippen molar-refractivity contribution in [2.24, 2.45) is 0 Å². The second kappa shape index (κ2) is 9.11. The van der Waals surface area contributed by atoms with Gasteiger partial charge in [0, 0.05) is 5.69 Å². The summed E-state index contributed by atoms with van der Waals surface area (Å²) in [6, 6.07) is 18.9. The molecule has 0 radical (unpaired) electrons. The number of anilines is 1. The van der Waals surface area contributed by atoms with Crippen molar-refractivity contribution in [3.8, 4) is 17.2 Å². The van der Waals surface area contributed by atoms with Gasteiger partial charge in [0.25, 0.3) is 5.91 Å². The summed E-state index contributed by atoms with van der Waals surface area (Å²) in [5.41, 5.74) is 2.46. The van der Waals surface area contributed by atoms with E-state index >= 15 is 0 Å². The van der Waals surface area contributed by atoms with Crippen LogP contribution in [-0.2, 0) is 9.53 Å². The van der Waals surface area contributed by atoms with Gasteiger partial charge in [-0.15, -0.1) is 0 Å². The van der Waals surface area contributed by atoms with Gasteiger partial charge in [0.05, 0.1) is 23.3 Å². The van der Waals surface area contributed by atoms with Gasteiger partial charge >= 0.3 is 5.97 Å². The number of amides is 1. The van der Waals surface area contributed by atoms with Gasteiger partial charge in [-0.1, -0.05) is 35.9 Å². The van der Waals surface area contributed by atoms with E-state index in [4.69, 9.17) is 25.5 Å². The molecule has 32 heavy (non-hydrogen) atoms. The first-order valence-corrected chi connectivity index (χ1v) is 10.1. The first kappa shape index (κ1) is 21.4. The summed E-state index contributed by atoms with van der Waals surface area (Å²) >= 11 is 6.09. The van der Waals surface area contributed by atoms with E-state index in [1.165, 1.54) is 14.0 Å². The number of carbonyl (C=O) groups excluding carboxylic acids is 2. The fraction of sp³-hybridized carbons (Fsp3) is 0.125. The Balaban J connectivity index is 1.50. The minimum Gasteiger partial charge on any atom is -0.495 e. The van der Waals surface area contributed by atoms with Gasteiger partial charge < -0.3 is 19.2 Å². The molecule has 1 aromatic heterocycles. The number of halogens is 1. The number of aromatic nitrogens is 1. The minimum absolute atomic E-state index is 0.242. The maximum atomic E-state index is 12.8. The maximum absolute atomic E-state index is 12.8. The number of carbonyl (C=O) groups is 2. The number of oxazole rings is 1. The average Bonchev–Trinajstić information content (AvgIpc) is 3.23. The molecule has 8 heteroatoms. The van der Waals surface area contributed by atoms with Gasteiger partial charge in [0.2, 0.25) is 5.89 Å². The van der Waals surface area contributed by atoms with Crippen LogP contribution in [0.3, 0.4) is 0 Å². The van der Waals surface area contributed by atoms with Crippen LogP contribution in [-0.4, -0.2) is 30.1 Å². The Morgan fingerprint density at radius 1 is 1.06 bits per heavy atom. The first-order chi connectivity index (χ1) is 15.5. The number of nitrogens with zero attached hydrogens (tertiary/aromatic N) is 1. The highest BCUT2D eigenvalue weighted by molar-refractivity contribution is 6.32. The van der Waals surface area contributed by atoms with Crippen LogP contribution >= 0.6 is 11.6 Å². The number of nitrogens with one attached hydrogen (secondary N) is 1. The Morgan fingerprint density at radius 3 is 2.56 bits per heavy atom. The summed E-state index contributed by atoms with van der Waals surface area (Å²) in [7, 11) is 1.50. The number of fused-ring (bicyclic) bond motifs is 1. The van der Waals surface area contributed by atoms with Crippen molar-refractivity contribution >= 4 is 40.3 Å². The number of para-hydroxylation sites is 2. The third-order valence-electron chi connectivity index (χ3n) is 4.74. The zero-order valence-corrected chi connectivity index (χ0v) is 18.1. The van der Waals surface area contributed by atoms with Crippen LogP contribution in [0.4, 0.5) is 5.69 Å². The molecule has 0 saturated heterocycles. The maximum Gasteiger partial charge on any atom is 0.339 e. The number of benzene rings is 3. The second-order valence-corrected chi connectivity index (χ2v) is 7.33. The molecule has 4 aromatic rings. The highest BCUT2D eigenvalue weighted by atomic mass is 35.5. The summed E-state index contributed by atoms with van der Waals surface area (Å²) in [5.74, 6) is -0.388. The van der Waals surface area contributed by atoms with E-state index in [1.54, 1.807) is 48.5 Å². The lowest BCUT2D eigenvalue weighted by Gasteiger charge is -2.15. The van der Waals surface area contributed by atoms with E-state index < -0.39 is 18.0 Å². The summed E-state index contributed by atoms with van der Waals surface area (Å²) in [6.45, 7) is 1.49. The van der Waals surface area contributed by atoms with E-state index in [9.17, 15) is 9.59 Å². The number of rotatable bonds is 6. The van der Waals surface area contributed by atoms with Gasteiger partial charge in [-0.05, 0) is 49.4 Å². The Morgan fingerprint density at radius 2 is 1.81 bits per heavy atom. The average molecular weight is 451 g/mol. The van der Waals surface area contributed by atoms with E-state index in [0.29, 0.717) is 39.0 Å². The third-order valence-corrected chi connectivity index (χ3v) is 5.04. The van der Waals surface area contributed by atoms with Crippen LogP contribution < -0.4 is 10.1 Å². The van der Waals surface area contributed by atoms with Gasteiger partial charge in [-0.3, -0.25) is 4.79 Å². The van der Waals surface area contributed by atoms with Crippen molar-refractivity contribution in [1.82, 2.24) is 4.98 Å². The number of esters is 1. The molecule has 0 spiro atoms. The molecule has 0 aliphatic carbocycles. The Hall–Kier alpha value is -3.84. The molecule has 0 saturated carbocycles. The predicted molar refractivity (Wildman–Crippen MR) is 121 cm³/mol. The number of ether oxygens (including phenoxy) is 2. The fourth-order valence-corrected chi connectivity index (χ4v) is 3.36. The van der Waals surface area contributed by atoms with Crippen molar-refractivity contribution in [2.45, 2.75) is 13.0 Å². The van der Waals surface area contributed by atoms with Gasteiger partial charge in [-0.25, -0.2) is 9.78 Å². The topological polar surface area (TPSA) is 90.7 Å². The van der Waals surface area contributed by atoms with Crippen LogP contribution in [0.15, 0.2) is 71.1 Å². The SMILES string of the molecule is COc1ccc(NC(=O)C(C)OC(=O)c2ccccc2-c2nc3ccccc3o2)cc1Cl. The molecule has 1 unspecified atom stereocenters. The molecule has 1 heterocycles. The Kier molecular flexibility index (Phi) is 6.09. The largest absolute Gasteiger partial charge is 0.495 e. The van der Waals surface area contributed by atoms with E-state index in [-0.39, 0.29) is 5.56 Å². The van der Waals surface area contributed by atoms with Crippen LogP contribution in [0.5, 0.6) is 5.75 Å². The van der Waals surface area contributed by atoms with E-state index in [0.717, 1.165) is 0 Å². The quantitative estimate of drug-likeness (QED) is 0.399. The van der Waals surface area contributed by atoms with Crippen LogP contribution in [0.25, 0.3) is 22.6 Å². The summed E-state index contributed by atoms with van der Waals surface area (Å²) in [4.78, 5) is 29.8. The van der Waals surface area contributed by atoms with Crippen molar-refractivity contribution in [3.63, 3.8) is 0 Å². The molecule has 1 amide bonds. The van der Waals surface area contributed by atoms with Crippen molar-refractivity contribution in [3.05, 3.63) is 77.3 Å². The lowest BCUT2D eigenvalue weighted by molar-refractivity contribution is -0.123. The zero-order chi connectivity index (χ0) is 22.7.